The van der Waals surface area contributed by atoms with Gasteiger partial charge in [0.1, 0.15) is 11.5 Å². The van der Waals surface area contributed by atoms with E-state index in [1.165, 1.54) is 25.3 Å². The molecule has 1 aromatic heterocycles. The summed E-state index contributed by atoms with van der Waals surface area (Å²) in [6, 6.07) is 5.93. The van der Waals surface area contributed by atoms with Gasteiger partial charge in [0.2, 0.25) is 5.91 Å². The Labute approximate surface area is 154 Å². The number of amides is 2. The fourth-order valence-corrected chi connectivity index (χ4v) is 2.39. The Balaban J connectivity index is 1.86. The van der Waals surface area contributed by atoms with Crippen LogP contribution in [0.5, 0.6) is 11.5 Å². The van der Waals surface area contributed by atoms with E-state index in [4.69, 9.17) is 9.15 Å². The molecule has 0 aliphatic carbocycles. The summed E-state index contributed by atoms with van der Waals surface area (Å²) in [5, 5.41) is 5.12. The molecule has 0 aliphatic rings. The average molecular weight is 382 g/mol. The largest absolute Gasteiger partial charge is 0.493 e. The van der Waals surface area contributed by atoms with E-state index in [0.29, 0.717) is 22.6 Å². The summed E-state index contributed by atoms with van der Waals surface area (Å²) >= 11 is 0. The Bertz CT molecular complexity index is 820. The SMILES string of the molecule is COc1cc(CNC(=O)CNC(=O)c2cc(C)oc2C)ccc1OC(F)F. The van der Waals surface area contributed by atoms with E-state index < -0.39 is 18.4 Å². The number of methoxy groups -OCH3 is 1. The Morgan fingerprint density at radius 3 is 2.48 bits per heavy atom. The van der Waals surface area contributed by atoms with Gasteiger partial charge in [-0.3, -0.25) is 9.59 Å². The summed E-state index contributed by atoms with van der Waals surface area (Å²) in [5.41, 5.74) is 0.995. The van der Waals surface area contributed by atoms with Gasteiger partial charge in [0.25, 0.3) is 5.91 Å². The molecular formula is C18H20F2N2O5. The highest BCUT2D eigenvalue weighted by Crippen LogP contribution is 2.29. The van der Waals surface area contributed by atoms with Crippen molar-refractivity contribution in [2.75, 3.05) is 13.7 Å². The van der Waals surface area contributed by atoms with E-state index >= 15 is 0 Å². The summed E-state index contributed by atoms with van der Waals surface area (Å²) < 4.78 is 39.2. The maximum atomic E-state index is 12.3. The van der Waals surface area contributed by atoms with Gasteiger partial charge in [-0.05, 0) is 37.6 Å². The molecule has 1 heterocycles. The third-order valence-corrected chi connectivity index (χ3v) is 3.63. The summed E-state index contributed by atoms with van der Waals surface area (Å²) in [7, 11) is 1.32. The van der Waals surface area contributed by atoms with Gasteiger partial charge in [-0.1, -0.05) is 6.07 Å². The minimum atomic E-state index is -2.96. The monoisotopic (exact) mass is 382 g/mol. The van der Waals surface area contributed by atoms with Crippen LogP contribution in [0.1, 0.15) is 27.4 Å². The highest BCUT2D eigenvalue weighted by Gasteiger charge is 2.15. The molecule has 9 heteroatoms. The molecule has 0 spiro atoms. The third kappa shape index (κ3) is 5.70. The molecule has 1 aromatic carbocycles. The van der Waals surface area contributed by atoms with Crippen LogP contribution in [0.25, 0.3) is 0 Å². The molecule has 0 radical (unpaired) electrons. The quantitative estimate of drug-likeness (QED) is 0.732. The van der Waals surface area contributed by atoms with Crippen LogP contribution in [-0.2, 0) is 11.3 Å². The van der Waals surface area contributed by atoms with Crippen molar-refractivity contribution in [3.63, 3.8) is 0 Å². The number of alkyl halides is 2. The van der Waals surface area contributed by atoms with Crippen LogP contribution in [0.2, 0.25) is 0 Å². The lowest BCUT2D eigenvalue weighted by Crippen LogP contribution is -2.36. The molecule has 7 nitrogen and oxygen atoms in total. The molecule has 0 fully saturated rings. The van der Waals surface area contributed by atoms with E-state index in [-0.39, 0.29) is 24.6 Å². The van der Waals surface area contributed by atoms with Gasteiger partial charge in [-0.2, -0.15) is 8.78 Å². The number of aryl methyl sites for hydroxylation is 2. The Morgan fingerprint density at radius 1 is 1.15 bits per heavy atom. The van der Waals surface area contributed by atoms with Crippen molar-refractivity contribution in [3.05, 3.63) is 46.9 Å². The maximum Gasteiger partial charge on any atom is 0.387 e. The number of nitrogens with one attached hydrogen (secondary N) is 2. The fourth-order valence-electron chi connectivity index (χ4n) is 2.39. The molecular weight excluding hydrogens is 362 g/mol. The predicted octanol–water partition coefficient (Wildman–Crippen LogP) is 2.55. The van der Waals surface area contributed by atoms with E-state index in [0.717, 1.165) is 0 Å². The van der Waals surface area contributed by atoms with Gasteiger partial charge in [0.15, 0.2) is 11.5 Å². The van der Waals surface area contributed by atoms with Crippen LogP contribution in [-0.4, -0.2) is 32.1 Å². The molecule has 146 valence electrons. The van der Waals surface area contributed by atoms with Gasteiger partial charge in [0.05, 0.1) is 19.2 Å². The van der Waals surface area contributed by atoms with Crippen LogP contribution in [0.4, 0.5) is 8.78 Å². The minimum Gasteiger partial charge on any atom is -0.493 e. The standard InChI is InChI=1S/C18H20F2N2O5/c1-10-6-13(11(2)26-10)17(24)22-9-16(23)21-8-12-4-5-14(27-18(19)20)15(7-12)25-3/h4-7,18H,8-9H2,1-3H3,(H,21,23)(H,22,24). The first kappa shape index (κ1) is 20.2. The number of benzene rings is 1. The van der Waals surface area contributed by atoms with Crippen molar-refractivity contribution in [2.24, 2.45) is 0 Å². The zero-order valence-corrected chi connectivity index (χ0v) is 15.1. The normalized spacial score (nSPS) is 10.6. The van der Waals surface area contributed by atoms with Gasteiger partial charge < -0.3 is 24.5 Å². The first-order valence-corrected chi connectivity index (χ1v) is 8.03. The van der Waals surface area contributed by atoms with Crippen LogP contribution < -0.4 is 20.1 Å². The highest BCUT2D eigenvalue weighted by atomic mass is 19.3. The number of hydrogen-bond donors (Lipinski definition) is 2. The van der Waals surface area contributed by atoms with Crippen molar-refractivity contribution in [2.45, 2.75) is 27.0 Å². The molecule has 2 aromatic rings. The number of hydrogen-bond acceptors (Lipinski definition) is 5. The highest BCUT2D eigenvalue weighted by molar-refractivity contribution is 5.97. The van der Waals surface area contributed by atoms with E-state index in [9.17, 15) is 18.4 Å². The molecule has 2 rings (SSSR count). The lowest BCUT2D eigenvalue weighted by Gasteiger charge is -2.12. The fraction of sp³-hybridized carbons (Fsp3) is 0.333. The second-order valence-corrected chi connectivity index (χ2v) is 5.65. The van der Waals surface area contributed by atoms with Gasteiger partial charge in [-0.15, -0.1) is 0 Å². The first-order chi connectivity index (χ1) is 12.8. The number of furan rings is 1. The average Bonchev–Trinajstić information content (AvgIpc) is 2.96. The van der Waals surface area contributed by atoms with Crippen LogP contribution >= 0.6 is 0 Å². The second kappa shape index (κ2) is 9.02. The minimum absolute atomic E-state index is 0.0967. The molecule has 27 heavy (non-hydrogen) atoms. The van der Waals surface area contributed by atoms with Gasteiger partial charge in [0, 0.05) is 6.54 Å². The number of halogens is 2. The second-order valence-electron chi connectivity index (χ2n) is 5.65. The third-order valence-electron chi connectivity index (χ3n) is 3.63. The molecule has 0 bridgehead atoms. The number of rotatable bonds is 8. The predicted molar refractivity (Wildman–Crippen MR) is 92.0 cm³/mol. The van der Waals surface area contributed by atoms with Gasteiger partial charge in [-0.25, -0.2) is 0 Å². The maximum absolute atomic E-state index is 12.3. The Morgan fingerprint density at radius 2 is 1.89 bits per heavy atom. The number of carbonyl (C=O) groups excluding carboxylic acids is 2. The first-order valence-electron chi connectivity index (χ1n) is 8.03. The molecule has 0 atom stereocenters. The Kier molecular flexibility index (Phi) is 6.75. The van der Waals surface area contributed by atoms with Crippen molar-refractivity contribution < 1.29 is 32.3 Å². The zero-order chi connectivity index (χ0) is 20.0. The van der Waals surface area contributed by atoms with Gasteiger partial charge >= 0.3 is 6.61 Å². The van der Waals surface area contributed by atoms with Crippen LogP contribution in [0.3, 0.4) is 0 Å². The van der Waals surface area contributed by atoms with E-state index in [1.54, 1.807) is 19.9 Å². The lowest BCUT2D eigenvalue weighted by molar-refractivity contribution is -0.120. The topological polar surface area (TPSA) is 89.8 Å². The molecule has 2 N–H and O–H groups in total. The smallest absolute Gasteiger partial charge is 0.387 e. The van der Waals surface area contributed by atoms with E-state index in [1.807, 2.05) is 0 Å². The summed E-state index contributed by atoms with van der Waals surface area (Å²) in [6.07, 6.45) is 0. The molecule has 0 saturated carbocycles. The summed E-state index contributed by atoms with van der Waals surface area (Å²) in [4.78, 5) is 23.9. The van der Waals surface area contributed by atoms with Crippen molar-refractivity contribution >= 4 is 11.8 Å². The molecule has 0 aliphatic heterocycles. The van der Waals surface area contributed by atoms with Crippen LogP contribution in [0.15, 0.2) is 28.7 Å². The molecule has 0 unspecified atom stereocenters. The lowest BCUT2D eigenvalue weighted by atomic mass is 10.2. The van der Waals surface area contributed by atoms with Crippen molar-refractivity contribution in [1.29, 1.82) is 0 Å². The van der Waals surface area contributed by atoms with Crippen molar-refractivity contribution in [1.82, 2.24) is 10.6 Å². The summed E-state index contributed by atoms with van der Waals surface area (Å²) in [5.74, 6) is 0.295. The zero-order valence-electron chi connectivity index (χ0n) is 15.1. The Hall–Kier alpha value is -3.10. The van der Waals surface area contributed by atoms with E-state index in [2.05, 4.69) is 15.4 Å². The molecule has 2 amide bonds. The van der Waals surface area contributed by atoms with Crippen LogP contribution in [0, 0.1) is 13.8 Å². The number of ether oxygens (including phenoxy) is 2. The number of carbonyl (C=O) groups is 2. The molecule has 0 saturated heterocycles. The summed E-state index contributed by atoms with van der Waals surface area (Å²) in [6.45, 7) is 0.339. The van der Waals surface area contributed by atoms with Crippen molar-refractivity contribution in [3.8, 4) is 11.5 Å².